The fourth-order valence-corrected chi connectivity index (χ4v) is 3.01. The lowest BCUT2D eigenvalue weighted by molar-refractivity contribution is -0.141. The average Bonchev–Trinajstić information content (AvgIpc) is 2.60. The molecule has 0 aromatic rings. The van der Waals surface area contributed by atoms with Gasteiger partial charge in [0.15, 0.2) is 5.96 Å². The monoisotopic (exact) mass is 340 g/mol. The van der Waals surface area contributed by atoms with Crippen molar-refractivity contribution in [3.8, 4) is 0 Å². The average molecular weight is 340 g/mol. The summed E-state index contributed by atoms with van der Waals surface area (Å²) in [6.07, 6.45) is 0.394. The third-order valence-corrected chi connectivity index (χ3v) is 4.66. The van der Waals surface area contributed by atoms with Gasteiger partial charge in [0.2, 0.25) is 5.91 Å². The number of nitrogens with zero attached hydrogens (tertiary/aromatic N) is 4. The van der Waals surface area contributed by atoms with Crippen molar-refractivity contribution in [3.63, 3.8) is 0 Å². The molecule has 0 bridgehead atoms. The number of rotatable bonds is 5. The Morgan fingerprint density at radius 1 is 0.958 bits per heavy atom. The third-order valence-electron chi connectivity index (χ3n) is 4.66. The van der Waals surface area contributed by atoms with Crippen LogP contribution < -0.4 is 5.73 Å². The Labute approximate surface area is 142 Å². The fraction of sp³-hybridized carbons (Fsp3) is 0.800. The van der Waals surface area contributed by atoms with Gasteiger partial charge < -0.3 is 20.3 Å². The number of methoxy groups -OCH3 is 1. The van der Waals surface area contributed by atoms with Crippen molar-refractivity contribution in [3.05, 3.63) is 0 Å². The van der Waals surface area contributed by atoms with Gasteiger partial charge in [0, 0.05) is 58.9 Å². The first-order valence-electron chi connectivity index (χ1n) is 8.38. The maximum atomic E-state index is 12.4. The summed E-state index contributed by atoms with van der Waals surface area (Å²) in [7, 11) is 1.40. The van der Waals surface area contributed by atoms with E-state index in [4.69, 9.17) is 11.1 Å². The van der Waals surface area contributed by atoms with E-state index >= 15 is 0 Å². The second-order valence-corrected chi connectivity index (χ2v) is 6.20. The van der Waals surface area contributed by atoms with Gasteiger partial charge in [-0.2, -0.15) is 0 Å². The molecule has 0 aromatic carbocycles. The molecule has 0 spiro atoms. The SMILES string of the molecule is COC(=O)CCN1CCN(C(=O)CN2CCN(C(=N)N)CC2)CC1. The largest absolute Gasteiger partial charge is 0.469 e. The maximum Gasteiger partial charge on any atom is 0.306 e. The number of esters is 1. The van der Waals surface area contributed by atoms with Gasteiger partial charge in [-0.25, -0.2) is 0 Å². The van der Waals surface area contributed by atoms with Crippen LogP contribution in [-0.2, 0) is 14.3 Å². The van der Waals surface area contributed by atoms with Crippen LogP contribution in [0.4, 0.5) is 0 Å². The molecule has 0 aromatic heterocycles. The van der Waals surface area contributed by atoms with Crippen LogP contribution in [0.2, 0.25) is 0 Å². The molecule has 0 unspecified atom stereocenters. The molecule has 0 aliphatic carbocycles. The van der Waals surface area contributed by atoms with Crippen molar-refractivity contribution < 1.29 is 14.3 Å². The summed E-state index contributed by atoms with van der Waals surface area (Å²) in [5, 5.41) is 7.42. The number of nitrogens with two attached hydrogens (primary N) is 1. The molecule has 9 heteroatoms. The summed E-state index contributed by atoms with van der Waals surface area (Å²) >= 11 is 0. The number of ether oxygens (including phenoxy) is 1. The summed E-state index contributed by atoms with van der Waals surface area (Å²) in [5.41, 5.74) is 5.48. The predicted molar refractivity (Wildman–Crippen MR) is 89.6 cm³/mol. The molecule has 2 heterocycles. The van der Waals surface area contributed by atoms with E-state index in [2.05, 4.69) is 14.5 Å². The van der Waals surface area contributed by atoms with E-state index in [9.17, 15) is 9.59 Å². The van der Waals surface area contributed by atoms with Gasteiger partial charge in [-0.05, 0) is 0 Å². The molecule has 2 aliphatic rings. The molecule has 24 heavy (non-hydrogen) atoms. The number of amides is 1. The van der Waals surface area contributed by atoms with Gasteiger partial charge in [0.1, 0.15) is 0 Å². The number of guanidine groups is 1. The quantitative estimate of drug-likeness (QED) is 0.346. The Balaban J connectivity index is 1.66. The highest BCUT2D eigenvalue weighted by Gasteiger charge is 2.25. The van der Waals surface area contributed by atoms with Gasteiger partial charge in [-0.1, -0.05) is 0 Å². The third kappa shape index (κ3) is 5.34. The van der Waals surface area contributed by atoms with Crippen molar-refractivity contribution in [2.45, 2.75) is 6.42 Å². The number of nitrogens with one attached hydrogen (secondary N) is 1. The Morgan fingerprint density at radius 2 is 1.50 bits per heavy atom. The Bertz CT molecular complexity index is 456. The van der Waals surface area contributed by atoms with Gasteiger partial charge >= 0.3 is 5.97 Å². The number of carbonyl (C=O) groups is 2. The number of hydrogen-bond donors (Lipinski definition) is 2. The highest BCUT2D eigenvalue weighted by atomic mass is 16.5. The molecule has 0 radical (unpaired) electrons. The van der Waals surface area contributed by atoms with Gasteiger partial charge in [0.05, 0.1) is 20.1 Å². The van der Waals surface area contributed by atoms with E-state index in [1.807, 2.05) is 9.80 Å². The molecule has 9 nitrogen and oxygen atoms in total. The molecule has 3 N–H and O–H groups in total. The van der Waals surface area contributed by atoms with E-state index in [0.29, 0.717) is 45.7 Å². The van der Waals surface area contributed by atoms with Crippen LogP contribution in [0, 0.1) is 5.41 Å². The summed E-state index contributed by atoms with van der Waals surface area (Å²) in [6.45, 7) is 7.00. The van der Waals surface area contributed by atoms with Gasteiger partial charge in [0.25, 0.3) is 0 Å². The zero-order chi connectivity index (χ0) is 17.5. The molecule has 136 valence electrons. The first kappa shape index (κ1) is 18.5. The summed E-state index contributed by atoms with van der Waals surface area (Å²) in [6, 6.07) is 0. The van der Waals surface area contributed by atoms with Crippen molar-refractivity contribution in [1.29, 1.82) is 5.41 Å². The fourth-order valence-electron chi connectivity index (χ4n) is 3.01. The predicted octanol–water partition coefficient (Wildman–Crippen LogP) is -1.80. The van der Waals surface area contributed by atoms with E-state index in [0.717, 1.165) is 26.2 Å². The lowest BCUT2D eigenvalue weighted by Crippen LogP contribution is -2.55. The maximum absolute atomic E-state index is 12.4. The van der Waals surface area contributed by atoms with E-state index < -0.39 is 0 Å². The summed E-state index contributed by atoms with van der Waals surface area (Å²) in [4.78, 5) is 31.6. The van der Waals surface area contributed by atoms with E-state index in [1.54, 1.807) is 0 Å². The molecule has 0 saturated carbocycles. The van der Waals surface area contributed by atoms with Crippen molar-refractivity contribution in [1.82, 2.24) is 19.6 Å². The molecule has 2 saturated heterocycles. The van der Waals surface area contributed by atoms with Crippen LogP contribution in [0.3, 0.4) is 0 Å². The molecule has 2 aliphatic heterocycles. The lowest BCUT2D eigenvalue weighted by atomic mass is 10.2. The summed E-state index contributed by atoms with van der Waals surface area (Å²) < 4.78 is 4.65. The molecule has 2 rings (SSSR count). The topological polar surface area (TPSA) is 106 Å². The van der Waals surface area contributed by atoms with Crippen molar-refractivity contribution in [2.75, 3.05) is 72.6 Å². The normalized spacial score (nSPS) is 20.0. The van der Waals surface area contributed by atoms with Gasteiger partial charge in [-0.3, -0.25) is 24.8 Å². The molecular formula is C15H28N6O3. The van der Waals surface area contributed by atoms with Crippen molar-refractivity contribution >= 4 is 17.8 Å². The van der Waals surface area contributed by atoms with Crippen LogP contribution in [-0.4, -0.2) is 110 Å². The Hall–Kier alpha value is -1.87. The summed E-state index contributed by atoms with van der Waals surface area (Å²) in [5.74, 6) is 0.0566. The van der Waals surface area contributed by atoms with Crippen molar-refractivity contribution in [2.24, 2.45) is 5.73 Å². The van der Waals surface area contributed by atoms with Crippen LogP contribution in [0.25, 0.3) is 0 Å². The second-order valence-electron chi connectivity index (χ2n) is 6.20. The van der Waals surface area contributed by atoms with Crippen LogP contribution in [0.1, 0.15) is 6.42 Å². The van der Waals surface area contributed by atoms with Crippen LogP contribution in [0.5, 0.6) is 0 Å². The zero-order valence-electron chi connectivity index (χ0n) is 14.4. The highest BCUT2D eigenvalue weighted by molar-refractivity contribution is 5.78. The minimum atomic E-state index is -0.196. The Kier molecular flexibility index (Phi) is 6.80. The van der Waals surface area contributed by atoms with Gasteiger partial charge in [-0.15, -0.1) is 0 Å². The van der Waals surface area contributed by atoms with Crippen LogP contribution >= 0.6 is 0 Å². The number of piperazine rings is 2. The minimum absolute atomic E-state index is 0.101. The minimum Gasteiger partial charge on any atom is -0.469 e. The molecule has 0 atom stereocenters. The lowest BCUT2D eigenvalue weighted by Gasteiger charge is -2.38. The Morgan fingerprint density at radius 3 is 2.04 bits per heavy atom. The number of carbonyl (C=O) groups excluding carboxylic acids is 2. The van der Waals surface area contributed by atoms with Crippen LogP contribution in [0.15, 0.2) is 0 Å². The first-order chi connectivity index (χ1) is 11.5. The highest BCUT2D eigenvalue weighted by Crippen LogP contribution is 2.06. The number of hydrogen-bond acceptors (Lipinski definition) is 6. The second kappa shape index (κ2) is 8.84. The van der Waals surface area contributed by atoms with E-state index in [1.165, 1.54) is 7.11 Å². The smallest absolute Gasteiger partial charge is 0.306 e. The standard InChI is InChI=1S/C15H28N6O3/c1-24-14(23)2-3-18-4-8-20(9-5-18)13(22)12-19-6-10-21(11-7-19)15(16)17/h2-12H2,1H3,(H3,16,17). The first-order valence-corrected chi connectivity index (χ1v) is 8.38. The molecule has 2 fully saturated rings. The molecule has 1 amide bonds. The van der Waals surface area contributed by atoms with E-state index in [-0.39, 0.29) is 17.8 Å². The molecular weight excluding hydrogens is 312 g/mol. The zero-order valence-corrected chi connectivity index (χ0v) is 14.4.